The smallest absolute Gasteiger partial charge is 0.309 e. The van der Waals surface area contributed by atoms with E-state index in [9.17, 15) is 13.6 Å². The van der Waals surface area contributed by atoms with E-state index >= 15 is 0 Å². The van der Waals surface area contributed by atoms with Crippen LogP contribution in [0.3, 0.4) is 0 Å². The maximum absolute atomic E-state index is 13.0. The second kappa shape index (κ2) is 5.61. The van der Waals surface area contributed by atoms with Crippen molar-refractivity contribution in [2.45, 2.75) is 6.42 Å². The van der Waals surface area contributed by atoms with Gasteiger partial charge in [0.2, 0.25) is 0 Å². The summed E-state index contributed by atoms with van der Waals surface area (Å²) in [6, 6.07) is 2.17. The number of carbonyl (C=O) groups is 1. The van der Waals surface area contributed by atoms with E-state index in [1.54, 1.807) is 0 Å². The molecule has 0 bridgehead atoms. The number of carbonyl (C=O) groups excluding carboxylic acids is 1. The van der Waals surface area contributed by atoms with E-state index in [0.717, 1.165) is 12.1 Å². The third kappa shape index (κ3) is 3.31. The van der Waals surface area contributed by atoms with Crippen molar-refractivity contribution in [1.29, 1.82) is 0 Å². The zero-order valence-electron chi connectivity index (χ0n) is 8.47. The average molecular weight is 247 g/mol. The van der Waals surface area contributed by atoms with Crippen LogP contribution in [0, 0.1) is 11.6 Å². The molecule has 0 spiro atoms. The number of ether oxygens (including phenoxy) is 1. The van der Waals surface area contributed by atoms with Crippen LogP contribution in [-0.4, -0.2) is 13.1 Å². The molecule has 0 fully saturated rings. The molecule has 0 aliphatic heterocycles. The lowest BCUT2D eigenvalue weighted by Gasteiger charge is -1.99. The summed E-state index contributed by atoms with van der Waals surface area (Å²) in [5, 5.41) is -0.537. The molecule has 16 heavy (non-hydrogen) atoms. The molecular formula is C11H9ClF2O2. The first-order chi connectivity index (χ1) is 7.54. The van der Waals surface area contributed by atoms with Gasteiger partial charge in [-0.05, 0) is 17.7 Å². The molecule has 0 aromatic heterocycles. The molecule has 1 aromatic rings. The Morgan fingerprint density at radius 2 is 2.00 bits per heavy atom. The number of halogens is 3. The molecular weight excluding hydrogens is 238 g/mol. The minimum Gasteiger partial charge on any atom is -0.469 e. The van der Waals surface area contributed by atoms with E-state index in [1.807, 2.05) is 0 Å². The van der Waals surface area contributed by atoms with Crippen LogP contribution >= 0.6 is 11.6 Å². The highest BCUT2D eigenvalue weighted by Gasteiger charge is 2.07. The summed E-state index contributed by atoms with van der Waals surface area (Å²) < 4.78 is 30.4. The lowest BCUT2D eigenvalue weighted by molar-refractivity contribution is -0.139. The normalized spacial score (nSPS) is 10.8. The Bertz CT molecular complexity index is 407. The molecule has 0 radical (unpaired) electrons. The Hall–Kier alpha value is -1.42. The van der Waals surface area contributed by atoms with E-state index in [2.05, 4.69) is 4.74 Å². The van der Waals surface area contributed by atoms with Crippen molar-refractivity contribution >= 4 is 23.6 Å². The van der Waals surface area contributed by atoms with E-state index in [0.29, 0.717) is 5.56 Å². The van der Waals surface area contributed by atoms with Crippen molar-refractivity contribution in [2.75, 3.05) is 7.11 Å². The Morgan fingerprint density at radius 1 is 1.44 bits per heavy atom. The summed E-state index contributed by atoms with van der Waals surface area (Å²) in [5.74, 6) is -2.09. The summed E-state index contributed by atoms with van der Waals surface area (Å²) in [7, 11) is 1.26. The van der Waals surface area contributed by atoms with Crippen molar-refractivity contribution < 1.29 is 18.3 Å². The zero-order chi connectivity index (χ0) is 12.1. The molecule has 0 aliphatic carbocycles. The SMILES string of the molecule is COC(=O)CC=Cc1cc(F)c(Cl)c(F)c1. The van der Waals surface area contributed by atoms with Gasteiger partial charge in [0.25, 0.3) is 0 Å². The lowest BCUT2D eigenvalue weighted by Crippen LogP contribution is -1.96. The molecule has 0 unspecified atom stereocenters. The average Bonchev–Trinajstić information content (AvgIpc) is 2.25. The van der Waals surface area contributed by atoms with Crippen LogP contribution in [0.5, 0.6) is 0 Å². The molecule has 0 heterocycles. The predicted octanol–water partition coefficient (Wildman–Crippen LogP) is 3.19. The van der Waals surface area contributed by atoms with E-state index in [-0.39, 0.29) is 6.42 Å². The van der Waals surface area contributed by atoms with Gasteiger partial charge in [-0.25, -0.2) is 8.78 Å². The van der Waals surface area contributed by atoms with Gasteiger partial charge in [-0.3, -0.25) is 4.79 Å². The van der Waals surface area contributed by atoms with Gasteiger partial charge in [0.1, 0.15) is 16.7 Å². The Morgan fingerprint density at radius 3 is 2.50 bits per heavy atom. The summed E-state index contributed by atoms with van der Waals surface area (Å²) in [4.78, 5) is 10.7. The topological polar surface area (TPSA) is 26.3 Å². The molecule has 5 heteroatoms. The van der Waals surface area contributed by atoms with Crippen molar-refractivity contribution in [3.05, 3.63) is 40.4 Å². The first kappa shape index (κ1) is 12.6. The van der Waals surface area contributed by atoms with Crippen molar-refractivity contribution in [3.8, 4) is 0 Å². The van der Waals surface area contributed by atoms with Crippen molar-refractivity contribution in [3.63, 3.8) is 0 Å². The molecule has 0 N–H and O–H groups in total. The monoisotopic (exact) mass is 246 g/mol. The van der Waals surface area contributed by atoms with Crippen LogP contribution in [-0.2, 0) is 9.53 Å². The van der Waals surface area contributed by atoms with Gasteiger partial charge < -0.3 is 4.74 Å². The van der Waals surface area contributed by atoms with E-state index < -0.39 is 22.6 Å². The highest BCUT2D eigenvalue weighted by atomic mass is 35.5. The highest BCUT2D eigenvalue weighted by Crippen LogP contribution is 2.21. The van der Waals surface area contributed by atoms with Crippen molar-refractivity contribution in [1.82, 2.24) is 0 Å². The summed E-state index contributed by atoms with van der Waals surface area (Å²) in [5.41, 5.74) is 0.295. The van der Waals surface area contributed by atoms with Crippen LogP contribution < -0.4 is 0 Å². The Labute approximate surface area is 96.5 Å². The van der Waals surface area contributed by atoms with E-state index in [1.165, 1.54) is 19.3 Å². The molecule has 2 nitrogen and oxygen atoms in total. The largest absolute Gasteiger partial charge is 0.469 e. The highest BCUT2D eigenvalue weighted by molar-refractivity contribution is 6.30. The number of methoxy groups -OCH3 is 1. The van der Waals surface area contributed by atoms with Crippen molar-refractivity contribution in [2.24, 2.45) is 0 Å². The molecule has 0 saturated carbocycles. The van der Waals surface area contributed by atoms with Gasteiger partial charge >= 0.3 is 5.97 Å². The summed E-state index contributed by atoms with van der Waals surface area (Å²) in [6.07, 6.45) is 2.91. The fourth-order valence-electron chi connectivity index (χ4n) is 1.05. The van der Waals surface area contributed by atoms with Gasteiger partial charge in [-0.15, -0.1) is 0 Å². The minimum atomic E-state index is -0.834. The molecule has 0 saturated heterocycles. The van der Waals surface area contributed by atoms with Gasteiger partial charge in [-0.2, -0.15) is 0 Å². The maximum Gasteiger partial charge on any atom is 0.309 e. The lowest BCUT2D eigenvalue weighted by atomic mass is 10.2. The third-order valence-corrected chi connectivity index (χ3v) is 2.19. The molecule has 1 aromatic carbocycles. The molecule has 0 atom stereocenters. The Kier molecular flexibility index (Phi) is 4.43. The van der Waals surface area contributed by atoms with Crippen LogP contribution in [0.25, 0.3) is 6.08 Å². The van der Waals surface area contributed by atoms with Gasteiger partial charge in [0.05, 0.1) is 13.5 Å². The summed E-state index contributed by atoms with van der Waals surface area (Å²) >= 11 is 5.31. The molecule has 86 valence electrons. The number of hydrogen-bond donors (Lipinski definition) is 0. The fourth-order valence-corrected chi connectivity index (χ4v) is 1.16. The first-order valence-corrected chi connectivity index (χ1v) is 4.80. The first-order valence-electron chi connectivity index (χ1n) is 4.42. The Balaban J connectivity index is 2.78. The second-order valence-electron chi connectivity index (χ2n) is 2.98. The molecule has 1 rings (SSSR count). The standard InChI is InChI=1S/C11H9ClF2O2/c1-16-10(15)4-2-3-7-5-8(13)11(12)9(14)6-7/h2-3,5-6H,4H2,1H3. The van der Waals surface area contributed by atoms with Gasteiger partial charge in [-0.1, -0.05) is 23.8 Å². The number of hydrogen-bond acceptors (Lipinski definition) is 2. The number of benzene rings is 1. The minimum absolute atomic E-state index is 0.0440. The predicted molar refractivity (Wildman–Crippen MR) is 57.0 cm³/mol. The summed E-state index contributed by atoms with van der Waals surface area (Å²) in [6.45, 7) is 0. The van der Waals surface area contributed by atoms with Gasteiger partial charge in [0.15, 0.2) is 0 Å². The number of rotatable bonds is 3. The second-order valence-corrected chi connectivity index (χ2v) is 3.36. The van der Waals surface area contributed by atoms with E-state index in [4.69, 9.17) is 11.6 Å². The van der Waals surface area contributed by atoms with Crippen LogP contribution in [0.1, 0.15) is 12.0 Å². The van der Waals surface area contributed by atoms with Crippen LogP contribution in [0.4, 0.5) is 8.78 Å². The van der Waals surface area contributed by atoms with Gasteiger partial charge in [0, 0.05) is 0 Å². The maximum atomic E-state index is 13.0. The number of esters is 1. The molecule has 0 aliphatic rings. The third-order valence-electron chi connectivity index (χ3n) is 1.83. The zero-order valence-corrected chi connectivity index (χ0v) is 9.22. The molecule has 0 amide bonds. The fraction of sp³-hybridized carbons (Fsp3) is 0.182. The van der Waals surface area contributed by atoms with Crippen LogP contribution in [0.2, 0.25) is 5.02 Å². The van der Waals surface area contributed by atoms with Crippen LogP contribution in [0.15, 0.2) is 18.2 Å². The quantitative estimate of drug-likeness (QED) is 0.605.